The summed E-state index contributed by atoms with van der Waals surface area (Å²) in [6.07, 6.45) is 3.87. The summed E-state index contributed by atoms with van der Waals surface area (Å²) in [5.41, 5.74) is 3.18. The zero-order valence-electron chi connectivity index (χ0n) is 15.3. The Kier molecular flexibility index (Phi) is 4.44. The lowest BCUT2D eigenvalue weighted by Gasteiger charge is -2.33. The number of carboxylic acids is 1. The van der Waals surface area contributed by atoms with Gasteiger partial charge in [-0.2, -0.15) is 0 Å². The minimum atomic E-state index is -0.919. The number of rotatable bonds is 3. The monoisotopic (exact) mass is 362 g/mol. The lowest BCUT2D eigenvalue weighted by molar-refractivity contribution is 0.0694. The molecule has 1 atom stereocenters. The summed E-state index contributed by atoms with van der Waals surface area (Å²) in [6.45, 7) is 1.42. The van der Waals surface area contributed by atoms with E-state index < -0.39 is 5.97 Å². The van der Waals surface area contributed by atoms with Gasteiger partial charge in [0.05, 0.1) is 11.1 Å². The Hall–Kier alpha value is -3.08. The van der Waals surface area contributed by atoms with Gasteiger partial charge >= 0.3 is 5.97 Å². The molecule has 0 aliphatic carbocycles. The number of nitrogens with zero attached hydrogens (tertiary/aromatic N) is 2. The molecule has 5 nitrogen and oxygen atoms in total. The summed E-state index contributed by atoms with van der Waals surface area (Å²) in [4.78, 5) is 26.2. The van der Waals surface area contributed by atoms with Crippen LogP contribution in [0.4, 0.5) is 0 Å². The summed E-state index contributed by atoms with van der Waals surface area (Å²) in [5, 5.41) is 10.0. The number of benzene rings is 2. The fourth-order valence-corrected chi connectivity index (χ4v) is 4.01. The van der Waals surface area contributed by atoms with Gasteiger partial charge in [0.2, 0.25) is 0 Å². The number of carboxylic acid groups (broad SMARTS) is 1. The standard InChI is InChI=1S/C22H22N2O3/c1-23-14-19(18-6-2-3-7-20(18)23)21(25)24-12-4-5-17(13-24)15-8-10-16(11-9-15)22(26)27/h2-3,6-11,14,17H,4-5,12-13H2,1H3,(H,26,27)/t17-/m1/s1. The van der Waals surface area contributed by atoms with Gasteiger partial charge in [-0.25, -0.2) is 4.79 Å². The molecular formula is C22H22N2O3. The second kappa shape index (κ2) is 6.91. The van der Waals surface area contributed by atoms with Gasteiger partial charge in [0.25, 0.3) is 5.91 Å². The molecule has 1 N–H and O–H groups in total. The van der Waals surface area contributed by atoms with Crippen LogP contribution in [0.15, 0.2) is 54.7 Å². The molecule has 3 aromatic rings. The van der Waals surface area contributed by atoms with Crippen molar-refractivity contribution in [3.8, 4) is 0 Å². The highest BCUT2D eigenvalue weighted by molar-refractivity contribution is 6.07. The molecule has 1 aliphatic heterocycles. The first kappa shape index (κ1) is 17.3. The fourth-order valence-electron chi connectivity index (χ4n) is 4.01. The molecule has 0 saturated carbocycles. The van der Waals surface area contributed by atoms with Crippen molar-refractivity contribution >= 4 is 22.8 Å². The van der Waals surface area contributed by atoms with Crippen LogP contribution in [-0.4, -0.2) is 39.5 Å². The molecule has 138 valence electrons. The Bertz CT molecular complexity index is 1000. The number of aryl methyl sites for hydroxylation is 1. The van der Waals surface area contributed by atoms with Crippen molar-refractivity contribution in [3.05, 3.63) is 71.4 Å². The Morgan fingerprint density at radius 2 is 1.81 bits per heavy atom. The third kappa shape index (κ3) is 3.21. The van der Waals surface area contributed by atoms with Crippen molar-refractivity contribution in [2.45, 2.75) is 18.8 Å². The smallest absolute Gasteiger partial charge is 0.335 e. The molecule has 2 heterocycles. The SMILES string of the molecule is Cn1cc(C(=O)N2CCC[C@@H](c3ccc(C(=O)O)cc3)C2)c2ccccc21. The largest absolute Gasteiger partial charge is 0.478 e. The summed E-state index contributed by atoms with van der Waals surface area (Å²) >= 11 is 0. The number of carbonyl (C=O) groups excluding carboxylic acids is 1. The van der Waals surface area contributed by atoms with Crippen LogP contribution in [0.25, 0.3) is 10.9 Å². The van der Waals surface area contributed by atoms with E-state index in [1.165, 1.54) is 0 Å². The number of aromatic nitrogens is 1. The van der Waals surface area contributed by atoms with Crippen LogP contribution in [0.5, 0.6) is 0 Å². The van der Waals surface area contributed by atoms with Crippen LogP contribution in [0.1, 0.15) is 45.0 Å². The zero-order chi connectivity index (χ0) is 19.0. The highest BCUT2D eigenvalue weighted by atomic mass is 16.4. The number of fused-ring (bicyclic) bond motifs is 1. The third-order valence-electron chi connectivity index (χ3n) is 5.47. The Labute approximate surface area is 157 Å². The first-order valence-electron chi connectivity index (χ1n) is 9.21. The first-order chi connectivity index (χ1) is 13.0. The molecule has 1 saturated heterocycles. The van der Waals surface area contributed by atoms with Crippen molar-refractivity contribution < 1.29 is 14.7 Å². The number of hydrogen-bond donors (Lipinski definition) is 1. The quantitative estimate of drug-likeness (QED) is 0.769. The highest BCUT2D eigenvalue weighted by Gasteiger charge is 2.27. The summed E-state index contributed by atoms with van der Waals surface area (Å²) in [7, 11) is 1.96. The average Bonchev–Trinajstić information content (AvgIpc) is 3.04. The Morgan fingerprint density at radius 1 is 1.07 bits per heavy atom. The van der Waals surface area contributed by atoms with Crippen molar-refractivity contribution in [1.29, 1.82) is 0 Å². The van der Waals surface area contributed by atoms with E-state index in [4.69, 9.17) is 5.11 Å². The van der Waals surface area contributed by atoms with Crippen LogP contribution in [0.2, 0.25) is 0 Å². The summed E-state index contributed by atoms with van der Waals surface area (Å²) < 4.78 is 1.99. The molecule has 27 heavy (non-hydrogen) atoms. The van der Waals surface area contributed by atoms with Gasteiger partial charge < -0.3 is 14.6 Å². The molecule has 0 spiro atoms. The summed E-state index contributed by atoms with van der Waals surface area (Å²) in [6, 6.07) is 15.0. The normalized spacial score (nSPS) is 17.2. The minimum absolute atomic E-state index is 0.0682. The zero-order valence-corrected chi connectivity index (χ0v) is 15.3. The number of aromatic carboxylic acids is 1. The number of hydrogen-bond acceptors (Lipinski definition) is 2. The van der Waals surface area contributed by atoms with Crippen molar-refractivity contribution in [2.75, 3.05) is 13.1 Å². The second-order valence-corrected chi connectivity index (χ2v) is 7.19. The maximum absolute atomic E-state index is 13.2. The van der Waals surface area contributed by atoms with E-state index >= 15 is 0 Å². The topological polar surface area (TPSA) is 62.5 Å². The number of amides is 1. The van der Waals surface area contributed by atoms with E-state index in [2.05, 4.69) is 0 Å². The van der Waals surface area contributed by atoms with Crippen LogP contribution in [0.3, 0.4) is 0 Å². The average molecular weight is 362 g/mol. The van der Waals surface area contributed by atoms with Crippen molar-refractivity contribution in [2.24, 2.45) is 7.05 Å². The molecule has 1 amide bonds. The van der Waals surface area contributed by atoms with Gasteiger partial charge in [-0.05, 0) is 36.6 Å². The van der Waals surface area contributed by atoms with Crippen molar-refractivity contribution in [3.63, 3.8) is 0 Å². The number of para-hydroxylation sites is 1. The van der Waals surface area contributed by atoms with Gasteiger partial charge in [0, 0.05) is 43.2 Å². The molecule has 0 bridgehead atoms. The lowest BCUT2D eigenvalue weighted by Crippen LogP contribution is -2.39. The van der Waals surface area contributed by atoms with Crippen LogP contribution in [-0.2, 0) is 7.05 Å². The van der Waals surface area contributed by atoms with E-state index in [1.807, 2.05) is 59.1 Å². The Morgan fingerprint density at radius 3 is 2.56 bits per heavy atom. The fraction of sp³-hybridized carbons (Fsp3) is 0.273. The van der Waals surface area contributed by atoms with Crippen LogP contribution >= 0.6 is 0 Å². The molecule has 1 aromatic heterocycles. The van der Waals surface area contributed by atoms with Gasteiger partial charge in [0.1, 0.15) is 0 Å². The maximum Gasteiger partial charge on any atom is 0.335 e. The number of likely N-dealkylation sites (tertiary alicyclic amines) is 1. The van der Waals surface area contributed by atoms with Crippen LogP contribution in [0, 0.1) is 0 Å². The molecule has 1 aliphatic rings. The van der Waals surface area contributed by atoms with E-state index in [0.29, 0.717) is 12.1 Å². The number of carbonyl (C=O) groups is 2. The first-order valence-corrected chi connectivity index (χ1v) is 9.21. The molecule has 0 unspecified atom stereocenters. The van der Waals surface area contributed by atoms with Crippen molar-refractivity contribution in [1.82, 2.24) is 9.47 Å². The van der Waals surface area contributed by atoms with E-state index in [-0.39, 0.29) is 11.8 Å². The van der Waals surface area contributed by atoms with Gasteiger partial charge in [-0.3, -0.25) is 4.79 Å². The predicted molar refractivity (Wildman–Crippen MR) is 104 cm³/mol. The minimum Gasteiger partial charge on any atom is -0.478 e. The number of piperidine rings is 1. The molecule has 0 radical (unpaired) electrons. The molecule has 5 heteroatoms. The van der Waals surface area contributed by atoms with Gasteiger partial charge in [-0.1, -0.05) is 30.3 Å². The summed E-state index contributed by atoms with van der Waals surface area (Å²) in [5.74, 6) is -0.614. The molecule has 2 aromatic carbocycles. The third-order valence-corrected chi connectivity index (χ3v) is 5.47. The molecule has 1 fully saturated rings. The van der Waals surface area contributed by atoms with Gasteiger partial charge in [0.15, 0.2) is 0 Å². The van der Waals surface area contributed by atoms with E-state index in [9.17, 15) is 9.59 Å². The molecule has 4 rings (SSSR count). The lowest BCUT2D eigenvalue weighted by atomic mass is 9.90. The highest BCUT2D eigenvalue weighted by Crippen LogP contribution is 2.29. The maximum atomic E-state index is 13.2. The Balaban J connectivity index is 1.57. The van der Waals surface area contributed by atoms with Crippen LogP contribution < -0.4 is 0 Å². The van der Waals surface area contributed by atoms with E-state index in [0.717, 1.165) is 41.4 Å². The van der Waals surface area contributed by atoms with Gasteiger partial charge in [-0.15, -0.1) is 0 Å². The van der Waals surface area contributed by atoms with E-state index in [1.54, 1.807) is 12.1 Å². The predicted octanol–water partition coefficient (Wildman–Crippen LogP) is 3.90. The molecular weight excluding hydrogens is 340 g/mol. The second-order valence-electron chi connectivity index (χ2n) is 7.19.